The van der Waals surface area contributed by atoms with Gasteiger partial charge in [-0.2, -0.15) is 0 Å². The molecule has 130 valence electrons. The Morgan fingerprint density at radius 1 is 1.29 bits per heavy atom. The zero-order chi connectivity index (χ0) is 17.2. The minimum atomic E-state index is -2.86. The zero-order valence-electron chi connectivity index (χ0n) is 13.4. The van der Waals surface area contributed by atoms with Gasteiger partial charge in [0.2, 0.25) is 5.91 Å². The van der Waals surface area contributed by atoms with Gasteiger partial charge in [-0.25, -0.2) is 12.8 Å². The molecule has 1 atom stereocenters. The van der Waals surface area contributed by atoms with Crippen molar-refractivity contribution in [1.29, 1.82) is 0 Å². The first-order valence-corrected chi connectivity index (χ1v) is 10.0. The molecular formula is C17H22FN2O3S+. The third-order valence-corrected chi connectivity index (χ3v) is 6.56. The topological polar surface area (TPSA) is 58.9 Å². The van der Waals surface area contributed by atoms with E-state index >= 15 is 0 Å². The second-order valence-corrected chi connectivity index (χ2v) is 8.70. The monoisotopic (exact) mass is 353 g/mol. The van der Waals surface area contributed by atoms with Crippen LogP contribution < -0.4 is 4.90 Å². The van der Waals surface area contributed by atoms with Crippen LogP contribution >= 0.6 is 0 Å². The summed E-state index contributed by atoms with van der Waals surface area (Å²) in [4.78, 5) is 15.3. The van der Waals surface area contributed by atoms with Crippen LogP contribution in [0.25, 0.3) is 6.08 Å². The van der Waals surface area contributed by atoms with Crippen LogP contribution in [0.3, 0.4) is 0 Å². The van der Waals surface area contributed by atoms with E-state index in [9.17, 15) is 17.6 Å². The van der Waals surface area contributed by atoms with E-state index in [0.717, 1.165) is 19.5 Å². The van der Waals surface area contributed by atoms with Gasteiger partial charge in [0.25, 0.3) is 0 Å². The number of hydrogen-bond donors (Lipinski definition) is 1. The summed E-state index contributed by atoms with van der Waals surface area (Å²) >= 11 is 0. The van der Waals surface area contributed by atoms with Crippen molar-refractivity contribution in [2.75, 3.05) is 37.7 Å². The fourth-order valence-electron chi connectivity index (χ4n) is 3.42. The predicted molar refractivity (Wildman–Crippen MR) is 89.8 cm³/mol. The van der Waals surface area contributed by atoms with Crippen molar-refractivity contribution in [1.82, 2.24) is 4.90 Å². The molecule has 1 N–H and O–H groups in total. The van der Waals surface area contributed by atoms with E-state index in [-0.39, 0.29) is 23.5 Å². The summed E-state index contributed by atoms with van der Waals surface area (Å²) in [6.45, 7) is 2.80. The third-order valence-electron chi connectivity index (χ3n) is 4.79. The Balaban J connectivity index is 1.52. The van der Waals surface area contributed by atoms with E-state index in [1.807, 2.05) is 0 Å². The standard InChI is InChI=1S/C17H21FN2O3S/c18-15-3-1-2-14(12-15)4-5-17(21)20-9-7-19(8-10-20)16-6-11-24(22,23)13-16/h1-5,12,16H,6-11,13H2/p+1/b5-4+/t16-/m0/s1. The fraction of sp³-hybridized carbons (Fsp3) is 0.471. The smallest absolute Gasteiger partial charge is 0.246 e. The minimum Gasteiger partial charge on any atom is -0.329 e. The number of amides is 1. The Kier molecular flexibility index (Phi) is 5.01. The van der Waals surface area contributed by atoms with E-state index in [1.54, 1.807) is 23.1 Å². The van der Waals surface area contributed by atoms with Crippen LogP contribution in [0.15, 0.2) is 30.3 Å². The van der Waals surface area contributed by atoms with Crippen LogP contribution in [0, 0.1) is 5.82 Å². The van der Waals surface area contributed by atoms with E-state index in [2.05, 4.69) is 0 Å². The lowest BCUT2D eigenvalue weighted by atomic mass is 10.2. The average Bonchev–Trinajstić information content (AvgIpc) is 2.93. The number of carbonyl (C=O) groups excluding carboxylic acids is 1. The SMILES string of the molecule is O=C(/C=C/c1cccc(F)c1)N1CC[NH+]([C@H]2CCS(=O)(=O)C2)CC1. The lowest BCUT2D eigenvalue weighted by molar-refractivity contribution is -0.925. The largest absolute Gasteiger partial charge is 0.329 e. The van der Waals surface area contributed by atoms with Gasteiger partial charge >= 0.3 is 0 Å². The molecule has 5 nitrogen and oxygen atoms in total. The van der Waals surface area contributed by atoms with Crippen molar-refractivity contribution in [3.8, 4) is 0 Å². The van der Waals surface area contributed by atoms with Gasteiger partial charge < -0.3 is 9.80 Å². The highest BCUT2D eigenvalue weighted by molar-refractivity contribution is 7.91. The maximum Gasteiger partial charge on any atom is 0.246 e. The van der Waals surface area contributed by atoms with Gasteiger partial charge in [0.1, 0.15) is 17.6 Å². The van der Waals surface area contributed by atoms with Crippen molar-refractivity contribution < 1.29 is 22.5 Å². The first kappa shape index (κ1) is 17.1. The lowest BCUT2D eigenvalue weighted by Gasteiger charge is -2.34. The van der Waals surface area contributed by atoms with Gasteiger partial charge in [-0.05, 0) is 23.8 Å². The highest BCUT2D eigenvalue weighted by Crippen LogP contribution is 2.10. The van der Waals surface area contributed by atoms with E-state index < -0.39 is 9.84 Å². The first-order valence-electron chi connectivity index (χ1n) is 8.20. The molecule has 0 saturated carbocycles. The number of quaternary nitrogens is 1. The predicted octanol–water partition coefficient (Wildman–Crippen LogP) is -0.247. The fourth-order valence-corrected chi connectivity index (χ4v) is 5.25. The molecule has 0 unspecified atom stereocenters. The number of halogens is 1. The lowest BCUT2D eigenvalue weighted by Crippen LogP contribution is -3.18. The molecule has 3 rings (SSSR count). The molecular weight excluding hydrogens is 331 g/mol. The third kappa shape index (κ3) is 4.21. The Bertz CT molecular complexity index is 740. The summed E-state index contributed by atoms with van der Waals surface area (Å²) in [6, 6.07) is 6.28. The molecule has 1 amide bonds. The summed E-state index contributed by atoms with van der Waals surface area (Å²) in [5.41, 5.74) is 0.656. The summed E-state index contributed by atoms with van der Waals surface area (Å²) in [7, 11) is -2.86. The van der Waals surface area contributed by atoms with Gasteiger partial charge in [-0.15, -0.1) is 0 Å². The van der Waals surface area contributed by atoms with Crippen molar-refractivity contribution >= 4 is 21.8 Å². The molecule has 24 heavy (non-hydrogen) atoms. The molecule has 7 heteroatoms. The van der Waals surface area contributed by atoms with Gasteiger partial charge in [0.05, 0.1) is 31.9 Å². The van der Waals surface area contributed by atoms with E-state index in [4.69, 9.17) is 0 Å². The van der Waals surface area contributed by atoms with E-state index in [0.29, 0.717) is 24.4 Å². The molecule has 0 bridgehead atoms. The second-order valence-electron chi connectivity index (χ2n) is 6.47. The Hall–Kier alpha value is -1.73. The molecule has 0 aromatic heterocycles. The number of carbonyl (C=O) groups is 1. The summed E-state index contributed by atoms with van der Waals surface area (Å²) in [5.74, 6) is 0.154. The quantitative estimate of drug-likeness (QED) is 0.763. The number of nitrogens with zero attached hydrogens (tertiary/aromatic N) is 1. The summed E-state index contributed by atoms with van der Waals surface area (Å²) in [6.07, 6.45) is 3.82. The second kappa shape index (κ2) is 7.03. The molecule has 2 fully saturated rings. The van der Waals surface area contributed by atoms with Gasteiger partial charge in [0.15, 0.2) is 9.84 Å². The van der Waals surface area contributed by atoms with Crippen molar-refractivity contribution in [3.63, 3.8) is 0 Å². The van der Waals surface area contributed by atoms with Crippen molar-refractivity contribution in [2.24, 2.45) is 0 Å². The summed E-state index contributed by atoms with van der Waals surface area (Å²) in [5, 5.41) is 0. The Labute approximate surface area is 141 Å². The van der Waals surface area contributed by atoms with Crippen LogP contribution in [-0.4, -0.2) is 63.0 Å². The zero-order valence-corrected chi connectivity index (χ0v) is 14.3. The van der Waals surface area contributed by atoms with Crippen molar-refractivity contribution in [2.45, 2.75) is 12.5 Å². The molecule has 2 heterocycles. The van der Waals surface area contributed by atoms with E-state index in [1.165, 1.54) is 23.1 Å². The molecule has 0 radical (unpaired) electrons. The maximum atomic E-state index is 13.1. The van der Waals surface area contributed by atoms with Crippen LogP contribution in [0.1, 0.15) is 12.0 Å². The van der Waals surface area contributed by atoms with Crippen LogP contribution in [0.5, 0.6) is 0 Å². The summed E-state index contributed by atoms with van der Waals surface area (Å²) < 4.78 is 36.3. The van der Waals surface area contributed by atoms with Gasteiger partial charge in [-0.1, -0.05) is 12.1 Å². The van der Waals surface area contributed by atoms with Crippen molar-refractivity contribution in [3.05, 3.63) is 41.7 Å². The van der Waals surface area contributed by atoms with Crippen LogP contribution in [0.2, 0.25) is 0 Å². The Morgan fingerprint density at radius 2 is 2.04 bits per heavy atom. The molecule has 2 aliphatic rings. The molecule has 1 aromatic carbocycles. The average molecular weight is 353 g/mol. The van der Waals surface area contributed by atoms with Crippen LogP contribution in [0.4, 0.5) is 4.39 Å². The minimum absolute atomic E-state index is 0.0858. The number of benzene rings is 1. The highest BCUT2D eigenvalue weighted by Gasteiger charge is 2.37. The number of rotatable bonds is 3. The number of nitrogens with one attached hydrogen (secondary N) is 1. The first-order chi connectivity index (χ1) is 11.4. The maximum absolute atomic E-state index is 13.1. The van der Waals surface area contributed by atoms with Gasteiger partial charge in [0, 0.05) is 12.5 Å². The normalized spacial score (nSPS) is 24.5. The molecule has 2 saturated heterocycles. The Morgan fingerprint density at radius 3 is 2.67 bits per heavy atom. The van der Waals surface area contributed by atoms with Crippen LogP contribution in [-0.2, 0) is 14.6 Å². The van der Waals surface area contributed by atoms with Gasteiger partial charge in [-0.3, -0.25) is 4.79 Å². The number of piperazine rings is 1. The highest BCUT2D eigenvalue weighted by atomic mass is 32.2. The molecule has 0 spiro atoms. The molecule has 2 aliphatic heterocycles. The number of sulfone groups is 1. The molecule has 0 aliphatic carbocycles. The number of hydrogen-bond acceptors (Lipinski definition) is 3. The molecule has 1 aromatic rings.